The molecule has 0 fully saturated rings. The molecule has 0 unspecified atom stereocenters. The third kappa shape index (κ3) is 2.13. The lowest BCUT2D eigenvalue weighted by atomic mass is 10.2. The van der Waals surface area contributed by atoms with Crippen LogP contribution in [0.15, 0.2) is 24.4 Å². The number of hydrogen-bond acceptors (Lipinski definition) is 1. The van der Waals surface area contributed by atoms with Crippen LogP contribution in [0.25, 0.3) is 11.4 Å². The molecule has 7 heteroatoms. The largest absolute Gasteiger partial charge is 0.434 e. The summed E-state index contributed by atoms with van der Waals surface area (Å²) in [5, 5.41) is 0. The lowest BCUT2D eigenvalue weighted by Gasteiger charge is -2.01. The summed E-state index contributed by atoms with van der Waals surface area (Å²) in [6.45, 7) is 0. The number of benzene rings is 1. The minimum Gasteiger partial charge on any atom is -0.344 e. The Kier molecular flexibility index (Phi) is 2.60. The number of hydrogen-bond donors (Lipinski definition) is 1. The summed E-state index contributed by atoms with van der Waals surface area (Å²) in [7, 11) is 0. The molecule has 2 nitrogen and oxygen atoms in total. The van der Waals surface area contributed by atoms with Gasteiger partial charge in [0.2, 0.25) is 0 Å². The fourth-order valence-electron chi connectivity index (χ4n) is 1.32. The van der Waals surface area contributed by atoms with Gasteiger partial charge in [-0.25, -0.2) is 13.8 Å². The van der Waals surface area contributed by atoms with Crippen molar-refractivity contribution >= 4 is 0 Å². The molecule has 0 aliphatic rings. The highest BCUT2D eigenvalue weighted by atomic mass is 19.4. The zero-order chi connectivity index (χ0) is 12.6. The van der Waals surface area contributed by atoms with Crippen LogP contribution in [0.3, 0.4) is 0 Å². The maximum absolute atomic E-state index is 13.3. The molecule has 2 rings (SSSR count). The second-order valence-corrected chi connectivity index (χ2v) is 3.23. The summed E-state index contributed by atoms with van der Waals surface area (Å²) in [6, 6.07) is 2.99. The number of aromatic nitrogens is 2. The molecule has 1 aromatic heterocycles. The van der Waals surface area contributed by atoms with Crippen LogP contribution in [0.2, 0.25) is 0 Å². The number of nitrogens with zero attached hydrogens (tertiary/aromatic N) is 1. The van der Waals surface area contributed by atoms with Gasteiger partial charge in [-0.1, -0.05) is 6.07 Å². The maximum atomic E-state index is 13.3. The smallest absolute Gasteiger partial charge is 0.344 e. The third-order valence-corrected chi connectivity index (χ3v) is 2.07. The predicted molar refractivity (Wildman–Crippen MR) is 48.9 cm³/mol. The first-order valence-electron chi connectivity index (χ1n) is 4.46. The molecule has 1 aromatic carbocycles. The van der Waals surface area contributed by atoms with Gasteiger partial charge in [0.1, 0.15) is 17.5 Å². The number of nitrogens with one attached hydrogen (secondary N) is 1. The first kappa shape index (κ1) is 11.6. The fourth-order valence-corrected chi connectivity index (χ4v) is 1.32. The molecule has 1 heterocycles. The summed E-state index contributed by atoms with van der Waals surface area (Å²) in [4.78, 5) is 5.21. The molecule has 0 radical (unpaired) electrons. The summed E-state index contributed by atoms with van der Waals surface area (Å²) in [5.74, 6) is -2.45. The number of H-pyrrole nitrogens is 1. The highest BCUT2D eigenvalue weighted by Crippen LogP contribution is 2.30. The van der Waals surface area contributed by atoms with E-state index in [0.29, 0.717) is 6.20 Å². The minimum atomic E-state index is -4.66. The van der Waals surface area contributed by atoms with Gasteiger partial charge in [0, 0.05) is 6.20 Å². The first-order chi connectivity index (χ1) is 7.89. The molecule has 0 aliphatic heterocycles. The van der Waals surface area contributed by atoms with Gasteiger partial charge in [-0.15, -0.1) is 0 Å². The summed E-state index contributed by atoms with van der Waals surface area (Å²) < 4.78 is 63.3. The molecule has 0 bridgehead atoms. The number of halogens is 5. The number of aromatic amines is 1. The van der Waals surface area contributed by atoms with Crippen molar-refractivity contribution in [2.24, 2.45) is 0 Å². The van der Waals surface area contributed by atoms with Gasteiger partial charge >= 0.3 is 6.18 Å². The topological polar surface area (TPSA) is 28.7 Å². The molecule has 2 aromatic rings. The highest BCUT2D eigenvalue weighted by Gasteiger charge is 2.34. The van der Waals surface area contributed by atoms with Crippen molar-refractivity contribution < 1.29 is 22.0 Å². The van der Waals surface area contributed by atoms with Gasteiger partial charge in [-0.05, 0) is 12.1 Å². The summed E-state index contributed by atoms with van der Waals surface area (Å²) in [6.07, 6.45) is -4.10. The van der Waals surface area contributed by atoms with E-state index in [0.717, 1.165) is 18.2 Å². The summed E-state index contributed by atoms with van der Waals surface area (Å²) in [5.41, 5.74) is -1.84. The minimum absolute atomic E-state index is 0.493. The number of rotatable bonds is 1. The van der Waals surface area contributed by atoms with Crippen molar-refractivity contribution in [3.63, 3.8) is 0 Å². The first-order valence-corrected chi connectivity index (χ1v) is 4.46. The van der Waals surface area contributed by atoms with E-state index in [1.54, 1.807) is 0 Å². The van der Waals surface area contributed by atoms with Gasteiger partial charge < -0.3 is 4.98 Å². The molecule has 0 saturated heterocycles. The lowest BCUT2D eigenvalue weighted by Crippen LogP contribution is -2.05. The normalized spacial score (nSPS) is 11.8. The molecule has 0 spiro atoms. The van der Waals surface area contributed by atoms with Crippen molar-refractivity contribution in [2.45, 2.75) is 6.18 Å². The molecular weight excluding hydrogens is 243 g/mol. The third-order valence-electron chi connectivity index (χ3n) is 2.07. The maximum Gasteiger partial charge on any atom is 0.434 e. The van der Waals surface area contributed by atoms with E-state index in [4.69, 9.17) is 0 Å². The van der Waals surface area contributed by atoms with E-state index < -0.39 is 34.9 Å². The van der Waals surface area contributed by atoms with Gasteiger partial charge in [0.05, 0.1) is 5.56 Å². The van der Waals surface area contributed by atoms with Crippen molar-refractivity contribution in [1.29, 1.82) is 0 Å². The van der Waals surface area contributed by atoms with Crippen LogP contribution in [0.4, 0.5) is 22.0 Å². The Morgan fingerprint density at radius 2 is 1.65 bits per heavy atom. The van der Waals surface area contributed by atoms with E-state index in [-0.39, 0.29) is 0 Å². The van der Waals surface area contributed by atoms with E-state index in [1.807, 2.05) is 0 Å². The van der Waals surface area contributed by atoms with Crippen molar-refractivity contribution in [3.8, 4) is 11.4 Å². The van der Waals surface area contributed by atoms with Gasteiger partial charge in [-0.2, -0.15) is 13.2 Å². The van der Waals surface area contributed by atoms with Crippen molar-refractivity contribution in [1.82, 2.24) is 9.97 Å². The Balaban J connectivity index is 2.51. The monoisotopic (exact) mass is 248 g/mol. The molecule has 0 atom stereocenters. The quantitative estimate of drug-likeness (QED) is 0.770. The van der Waals surface area contributed by atoms with Crippen LogP contribution in [0.5, 0.6) is 0 Å². The molecule has 0 aliphatic carbocycles. The average Bonchev–Trinajstić information content (AvgIpc) is 2.65. The molecule has 1 N–H and O–H groups in total. The molecule has 0 amide bonds. The predicted octanol–water partition coefficient (Wildman–Crippen LogP) is 3.37. The Hall–Kier alpha value is -1.92. The molecular formula is C10H5F5N2. The Morgan fingerprint density at radius 3 is 2.12 bits per heavy atom. The van der Waals surface area contributed by atoms with E-state index in [9.17, 15) is 22.0 Å². The number of imidazole rings is 1. The Labute approximate surface area is 92.1 Å². The standard InChI is InChI=1S/C10H5F5N2/c11-5-2-1-3-6(12)8(5)9-16-4-7(17-9)10(13,14)15/h1-4H,(H,16,17). The second kappa shape index (κ2) is 3.83. The van der Waals surface area contributed by atoms with Gasteiger partial charge in [0.25, 0.3) is 0 Å². The molecule has 0 saturated carbocycles. The van der Waals surface area contributed by atoms with Crippen molar-refractivity contribution in [3.05, 3.63) is 41.7 Å². The Bertz CT molecular complexity index is 524. The zero-order valence-electron chi connectivity index (χ0n) is 8.15. The number of alkyl halides is 3. The average molecular weight is 248 g/mol. The van der Waals surface area contributed by atoms with Crippen LogP contribution in [0.1, 0.15) is 5.69 Å². The summed E-state index contributed by atoms with van der Waals surface area (Å²) >= 11 is 0. The lowest BCUT2D eigenvalue weighted by molar-refractivity contribution is -0.140. The van der Waals surface area contributed by atoms with Crippen LogP contribution < -0.4 is 0 Å². The Morgan fingerprint density at radius 1 is 1.06 bits per heavy atom. The second-order valence-electron chi connectivity index (χ2n) is 3.23. The van der Waals surface area contributed by atoms with Crippen LogP contribution in [-0.2, 0) is 6.18 Å². The van der Waals surface area contributed by atoms with Crippen LogP contribution >= 0.6 is 0 Å². The van der Waals surface area contributed by atoms with Gasteiger partial charge in [-0.3, -0.25) is 0 Å². The fraction of sp³-hybridized carbons (Fsp3) is 0.100. The van der Waals surface area contributed by atoms with E-state index in [2.05, 4.69) is 9.97 Å². The van der Waals surface area contributed by atoms with E-state index in [1.165, 1.54) is 0 Å². The molecule has 17 heavy (non-hydrogen) atoms. The van der Waals surface area contributed by atoms with Gasteiger partial charge in [0.15, 0.2) is 5.69 Å². The SMILES string of the molecule is Fc1cccc(F)c1-c1nc(C(F)(F)F)c[nH]1. The van der Waals surface area contributed by atoms with Crippen LogP contribution in [0, 0.1) is 11.6 Å². The zero-order valence-corrected chi connectivity index (χ0v) is 8.15. The van der Waals surface area contributed by atoms with Crippen molar-refractivity contribution in [2.75, 3.05) is 0 Å². The van der Waals surface area contributed by atoms with Crippen LogP contribution in [-0.4, -0.2) is 9.97 Å². The van der Waals surface area contributed by atoms with E-state index >= 15 is 0 Å². The molecule has 90 valence electrons. The highest BCUT2D eigenvalue weighted by molar-refractivity contribution is 5.57.